The first-order valence-corrected chi connectivity index (χ1v) is 11.2. The SMILES string of the molecule is C=CCCc1ccc(-c2ccc(C3CCC(CCCCC)CC3)c(F)c2)cc1. The van der Waals surface area contributed by atoms with Gasteiger partial charge in [-0.05, 0) is 78.7 Å². The monoisotopic (exact) mass is 378 g/mol. The van der Waals surface area contributed by atoms with Crippen molar-refractivity contribution >= 4 is 0 Å². The normalized spacial score (nSPS) is 19.5. The lowest BCUT2D eigenvalue weighted by Gasteiger charge is -2.29. The highest BCUT2D eigenvalue weighted by Crippen LogP contribution is 2.39. The Hall–Kier alpha value is -1.89. The minimum atomic E-state index is -0.0253. The summed E-state index contributed by atoms with van der Waals surface area (Å²) in [5.74, 6) is 1.24. The lowest BCUT2D eigenvalue weighted by atomic mass is 9.76. The van der Waals surface area contributed by atoms with E-state index in [0.717, 1.165) is 48.3 Å². The zero-order valence-electron chi connectivity index (χ0n) is 17.4. The molecule has 0 N–H and O–H groups in total. The van der Waals surface area contributed by atoms with Gasteiger partial charge in [0.2, 0.25) is 0 Å². The van der Waals surface area contributed by atoms with Crippen LogP contribution in [0.4, 0.5) is 4.39 Å². The largest absolute Gasteiger partial charge is 0.207 e. The van der Waals surface area contributed by atoms with Gasteiger partial charge >= 0.3 is 0 Å². The minimum absolute atomic E-state index is 0.0253. The maximum atomic E-state index is 14.9. The fraction of sp³-hybridized carbons (Fsp3) is 0.481. The molecule has 2 aromatic rings. The van der Waals surface area contributed by atoms with E-state index in [1.54, 1.807) is 6.07 Å². The van der Waals surface area contributed by atoms with Gasteiger partial charge in [0.1, 0.15) is 5.82 Å². The fourth-order valence-corrected chi connectivity index (χ4v) is 4.62. The Kier molecular flexibility index (Phi) is 7.89. The van der Waals surface area contributed by atoms with E-state index in [4.69, 9.17) is 0 Å². The van der Waals surface area contributed by atoms with Crippen LogP contribution in [0, 0.1) is 11.7 Å². The molecule has 0 amide bonds. The molecule has 28 heavy (non-hydrogen) atoms. The quantitative estimate of drug-likeness (QED) is 0.303. The molecule has 0 aromatic heterocycles. The van der Waals surface area contributed by atoms with E-state index in [9.17, 15) is 4.39 Å². The Morgan fingerprint density at radius 3 is 2.32 bits per heavy atom. The number of unbranched alkanes of at least 4 members (excludes halogenated alkanes) is 2. The molecule has 0 atom stereocenters. The topological polar surface area (TPSA) is 0 Å². The second kappa shape index (κ2) is 10.6. The highest BCUT2D eigenvalue weighted by Gasteiger charge is 2.24. The molecular weight excluding hydrogens is 343 g/mol. The predicted molar refractivity (Wildman–Crippen MR) is 119 cm³/mol. The van der Waals surface area contributed by atoms with Crippen molar-refractivity contribution in [2.75, 3.05) is 0 Å². The predicted octanol–water partition coefficient (Wildman–Crippen LogP) is 8.47. The highest BCUT2D eigenvalue weighted by atomic mass is 19.1. The lowest BCUT2D eigenvalue weighted by molar-refractivity contribution is 0.299. The number of hydrogen-bond donors (Lipinski definition) is 0. The minimum Gasteiger partial charge on any atom is -0.207 e. The molecule has 3 rings (SSSR count). The van der Waals surface area contributed by atoms with Crippen molar-refractivity contribution in [3.63, 3.8) is 0 Å². The van der Waals surface area contributed by atoms with E-state index in [1.807, 2.05) is 12.1 Å². The first-order chi connectivity index (χ1) is 13.7. The van der Waals surface area contributed by atoms with Gasteiger partial charge in [-0.3, -0.25) is 0 Å². The van der Waals surface area contributed by atoms with Crippen molar-refractivity contribution in [2.24, 2.45) is 5.92 Å². The van der Waals surface area contributed by atoms with E-state index in [1.165, 1.54) is 44.1 Å². The van der Waals surface area contributed by atoms with E-state index >= 15 is 0 Å². The molecule has 1 aliphatic rings. The van der Waals surface area contributed by atoms with Crippen molar-refractivity contribution in [1.29, 1.82) is 0 Å². The summed E-state index contributed by atoms with van der Waals surface area (Å²) >= 11 is 0. The van der Waals surface area contributed by atoms with Crippen molar-refractivity contribution in [3.05, 3.63) is 72.1 Å². The van der Waals surface area contributed by atoms with Gasteiger partial charge in [0, 0.05) is 0 Å². The van der Waals surface area contributed by atoms with Crippen LogP contribution in [0.1, 0.15) is 81.8 Å². The number of aryl methyl sites for hydroxylation is 1. The Morgan fingerprint density at radius 2 is 1.68 bits per heavy atom. The van der Waals surface area contributed by atoms with Gasteiger partial charge in [0.05, 0.1) is 0 Å². The summed E-state index contributed by atoms with van der Waals surface area (Å²) in [6.07, 6.45) is 14.1. The fourth-order valence-electron chi connectivity index (χ4n) is 4.62. The number of halogens is 1. The van der Waals surface area contributed by atoms with E-state index in [-0.39, 0.29) is 5.82 Å². The van der Waals surface area contributed by atoms with Crippen LogP contribution in [0.2, 0.25) is 0 Å². The van der Waals surface area contributed by atoms with Gasteiger partial charge in [0.15, 0.2) is 0 Å². The summed E-state index contributed by atoms with van der Waals surface area (Å²) in [7, 11) is 0. The lowest BCUT2D eigenvalue weighted by Crippen LogP contribution is -2.14. The Labute approximate surface area is 170 Å². The van der Waals surface area contributed by atoms with Crippen LogP contribution >= 0.6 is 0 Å². The second-order valence-corrected chi connectivity index (χ2v) is 8.47. The van der Waals surface area contributed by atoms with Crippen molar-refractivity contribution in [1.82, 2.24) is 0 Å². The summed E-state index contributed by atoms with van der Waals surface area (Å²) in [6.45, 7) is 6.04. The van der Waals surface area contributed by atoms with Crippen LogP contribution in [0.25, 0.3) is 11.1 Å². The highest BCUT2D eigenvalue weighted by molar-refractivity contribution is 5.64. The zero-order valence-corrected chi connectivity index (χ0v) is 17.4. The van der Waals surface area contributed by atoms with E-state index in [2.05, 4.69) is 43.8 Å². The molecule has 0 nitrogen and oxygen atoms in total. The molecule has 1 fully saturated rings. The third-order valence-electron chi connectivity index (χ3n) is 6.43. The molecule has 0 heterocycles. The number of allylic oxidation sites excluding steroid dienone is 1. The van der Waals surface area contributed by atoms with Gasteiger partial charge in [-0.15, -0.1) is 6.58 Å². The first-order valence-electron chi connectivity index (χ1n) is 11.2. The number of rotatable bonds is 9. The summed E-state index contributed by atoms with van der Waals surface area (Å²) in [4.78, 5) is 0. The van der Waals surface area contributed by atoms with Crippen molar-refractivity contribution in [3.8, 4) is 11.1 Å². The molecule has 0 unspecified atom stereocenters. The van der Waals surface area contributed by atoms with Gasteiger partial charge < -0.3 is 0 Å². The summed E-state index contributed by atoms with van der Waals surface area (Å²) in [5.41, 5.74) is 4.30. The first kappa shape index (κ1) is 20.8. The number of hydrogen-bond acceptors (Lipinski definition) is 0. The van der Waals surface area contributed by atoms with Gasteiger partial charge in [-0.2, -0.15) is 0 Å². The van der Waals surface area contributed by atoms with Crippen molar-refractivity contribution in [2.45, 2.75) is 77.0 Å². The molecule has 150 valence electrons. The maximum absolute atomic E-state index is 14.9. The van der Waals surface area contributed by atoms with Gasteiger partial charge in [-0.1, -0.05) is 75.1 Å². The van der Waals surface area contributed by atoms with E-state index in [0.29, 0.717) is 5.92 Å². The molecule has 2 aromatic carbocycles. The average Bonchev–Trinajstić information content (AvgIpc) is 2.73. The van der Waals surface area contributed by atoms with Crippen LogP contribution in [-0.4, -0.2) is 0 Å². The Morgan fingerprint density at radius 1 is 0.964 bits per heavy atom. The van der Waals surface area contributed by atoms with Gasteiger partial charge in [-0.25, -0.2) is 4.39 Å². The van der Waals surface area contributed by atoms with Crippen LogP contribution in [0.3, 0.4) is 0 Å². The summed E-state index contributed by atoms with van der Waals surface area (Å²) < 4.78 is 14.9. The summed E-state index contributed by atoms with van der Waals surface area (Å²) in [5, 5.41) is 0. The molecule has 0 saturated heterocycles. The number of benzene rings is 2. The second-order valence-electron chi connectivity index (χ2n) is 8.47. The molecule has 0 spiro atoms. The smallest absolute Gasteiger partial charge is 0.127 e. The van der Waals surface area contributed by atoms with Crippen molar-refractivity contribution < 1.29 is 4.39 Å². The molecule has 0 aliphatic heterocycles. The van der Waals surface area contributed by atoms with Crippen LogP contribution < -0.4 is 0 Å². The Bertz CT molecular complexity index is 735. The maximum Gasteiger partial charge on any atom is 0.127 e. The molecule has 1 aliphatic carbocycles. The van der Waals surface area contributed by atoms with Crippen LogP contribution in [0.5, 0.6) is 0 Å². The molecule has 1 heteroatoms. The third-order valence-corrected chi connectivity index (χ3v) is 6.43. The van der Waals surface area contributed by atoms with Gasteiger partial charge in [0.25, 0.3) is 0 Å². The van der Waals surface area contributed by atoms with Crippen LogP contribution in [0.15, 0.2) is 55.1 Å². The summed E-state index contributed by atoms with van der Waals surface area (Å²) in [6, 6.07) is 14.4. The average molecular weight is 379 g/mol. The molecule has 0 radical (unpaired) electrons. The Balaban J connectivity index is 1.61. The third kappa shape index (κ3) is 5.56. The molecule has 1 saturated carbocycles. The standard InChI is InChI=1S/C27H35F/c1-3-5-7-9-22-12-16-24(17-13-22)26-19-18-25(20-27(26)28)23-14-10-21(11-15-23)8-6-4-2/h4,10-11,14-15,18-20,22,24H,2-3,5-9,12-13,16-17H2,1H3. The zero-order chi connectivity index (χ0) is 19.8. The van der Waals surface area contributed by atoms with Crippen LogP contribution in [-0.2, 0) is 6.42 Å². The van der Waals surface area contributed by atoms with E-state index < -0.39 is 0 Å². The molecular formula is C27H35F. The molecule has 0 bridgehead atoms.